The predicted molar refractivity (Wildman–Crippen MR) is 174 cm³/mol. The van der Waals surface area contributed by atoms with Crippen molar-refractivity contribution in [2.24, 2.45) is 9.98 Å². The number of hydrogen-bond acceptors (Lipinski definition) is 7. The minimum absolute atomic E-state index is 0.0524. The van der Waals surface area contributed by atoms with E-state index in [0.717, 1.165) is 67.6 Å². The van der Waals surface area contributed by atoms with Crippen LogP contribution in [0.15, 0.2) is 99.5 Å². The van der Waals surface area contributed by atoms with Crippen molar-refractivity contribution >= 4 is 57.3 Å². The Balaban J connectivity index is 0.000000193. The number of morpholine rings is 1. The number of aryl methyl sites for hydroxylation is 1. The van der Waals surface area contributed by atoms with Gasteiger partial charge >= 0.3 is 0 Å². The molecule has 218 valence electrons. The molecular formula is C34H37ClN4O3. The van der Waals surface area contributed by atoms with Crippen LogP contribution in [0, 0.1) is 6.92 Å². The maximum absolute atomic E-state index is 11.4. The Morgan fingerprint density at radius 3 is 2.21 bits per heavy atom. The molecule has 3 aliphatic rings. The smallest absolute Gasteiger partial charge is 0.181 e. The molecule has 0 N–H and O–H groups in total. The molecule has 2 aliphatic carbocycles. The van der Waals surface area contributed by atoms with Crippen LogP contribution in [0.2, 0.25) is 0 Å². The van der Waals surface area contributed by atoms with Crippen molar-refractivity contribution in [1.29, 1.82) is 0 Å². The summed E-state index contributed by atoms with van der Waals surface area (Å²) in [6.45, 7) is 13.5. The van der Waals surface area contributed by atoms with E-state index in [4.69, 9.17) is 16.3 Å². The number of hydrogen-bond donors (Lipinski definition) is 0. The molecule has 7 nitrogen and oxygen atoms in total. The minimum atomic E-state index is -0.104. The van der Waals surface area contributed by atoms with Gasteiger partial charge in [-0.3, -0.25) is 9.59 Å². The lowest BCUT2D eigenvalue weighted by Crippen LogP contribution is -2.36. The van der Waals surface area contributed by atoms with Gasteiger partial charge < -0.3 is 14.5 Å². The topological polar surface area (TPSA) is 74.6 Å². The van der Waals surface area contributed by atoms with E-state index in [-0.39, 0.29) is 11.6 Å². The minimum Gasteiger partial charge on any atom is -0.378 e. The lowest BCUT2D eigenvalue weighted by atomic mass is 10.1. The first-order chi connectivity index (χ1) is 20.3. The number of ketones is 2. The fraction of sp³-hybridized carbons (Fsp3) is 0.294. The molecule has 5 rings (SSSR count). The van der Waals surface area contributed by atoms with Gasteiger partial charge in [-0.1, -0.05) is 11.6 Å². The molecule has 0 aromatic heterocycles. The molecular weight excluding hydrogens is 548 g/mol. The van der Waals surface area contributed by atoms with E-state index in [1.54, 1.807) is 18.2 Å². The van der Waals surface area contributed by atoms with Crippen LogP contribution in [-0.4, -0.2) is 62.4 Å². The third kappa shape index (κ3) is 8.24. The van der Waals surface area contributed by atoms with Gasteiger partial charge in [0, 0.05) is 43.6 Å². The van der Waals surface area contributed by atoms with E-state index >= 15 is 0 Å². The Morgan fingerprint density at radius 1 is 0.881 bits per heavy atom. The fourth-order valence-electron chi connectivity index (χ4n) is 4.67. The molecule has 0 radical (unpaired) electrons. The number of nitrogens with zero attached hydrogens (tertiary/aromatic N) is 4. The van der Waals surface area contributed by atoms with E-state index in [1.165, 1.54) is 23.5 Å². The van der Waals surface area contributed by atoms with Crippen molar-refractivity contribution in [3.8, 4) is 0 Å². The molecule has 0 bridgehead atoms. The van der Waals surface area contributed by atoms with Crippen LogP contribution < -0.4 is 9.80 Å². The summed E-state index contributed by atoms with van der Waals surface area (Å²) in [5.41, 5.74) is 7.39. The fourth-order valence-corrected chi connectivity index (χ4v) is 4.88. The van der Waals surface area contributed by atoms with Gasteiger partial charge in [0.2, 0.25) is 0 Å². The number of carbonyl (C=O) groups excluding carboxylic acids is 2. The number of rotatable bonds is 6. The van der Waals surface area contributed by atoms with Gasteiger partial charge in [0.25, 0.3) is 0 Å². The zero-order chi connectivity index (χ0) is 30.1. The standard InChI is InChI=1S/C17H19ClN2O.C17H18N2O2/c1-4-20(5-2)13-6-8-16(12(3)10-13)19-17-9-7-14(21)11-15(17)18;1-13-12-15(4-7-17(13)20)18-14-2-5-16(6-3-14)19-8-10-21-11-9-19/h6-11H,4-5H2,1-3H3;2-7,12H,8-11H2,1H3. The van der Waals surface area contributed by atoms with Crippen molar-refractivity contribution in [3.05, 3.63) is 95.1 Å². The summed E-state index contributed by atoms with van der Waals surface area (Å²) in [4.78, 5) is 36.3. The second-order valence-electron chi connectivity index (χ2n) is 10.0. The number of benzene rings is 2. The second kappa shape index (κ2) is 14.7. The van der Waals surface area contributed by atoms with Crippen LogP contribution in [0.3, 0.4) is 0 Å². The van der Waals surface area contributed by atoms with Gasteiger partial charge in [0.15, 0.2) is 11.6 Å². The van der Waals surface area contributed by atoms with Gasteiger partial charge in [-0.15, -0.1) is 0 Å². The van der Waals surface area contributed by atoms with E-state index in [2.05, 4.69) is 57.9 Å². The third-order valence-electron chi connectivity index (χ3n) is 7.11. The Bertz CT molecular complexity index is 1490. The van der Waals surface area contributed by atoms with Crippen molar-refractivity contribution in [2.75, 3.05) is 49.2 Å². The summed E-state index contributed by atoms with van der Waals surface area (Å²) in [6, 6.07) is 14.4. The molecule has 1 heterocycles. The molecule has 2 aromatic rings. The van der Waals surface area contributed by atoms with E-state index in [1.807, 2.05) is 38.1 Å². The molecule has 1 saturated heterocycles. The summed E-state index contributed by atoms with van der Waals surface area (Å²) in [5, 5.41) is 0.384. The number of aliphatic imine (C=N–C) groups is 2. The Kier molecular flexibility index (Phi) is 10.8. The monoisotopic (exact) mass is 584 g/mol. The zero-order valence-corrected chi connectivity index (χ0v) is 25.4. The highest BCUT2D eigenvalue weighted by molar-refractivity contribution is 6.48. The van der Waals surface area contributed by atoms with Crippen molar-refractivity contribution < 1.29 is 14.3 Å². The first-order valence-corrected chi connectivity index (χ1v) is 14.6. The van der Waals surface area contributed by atoms with Crippen molar-refractivity contribution in [3.63, 3.8) is 0 Å². The van der Waals surface area contributed by atoms with E-state index in [0.29, 0.717) is 10.7 Å². The van der Waals surface area contributed by atoms with Gasteiger partial charge in [-0.2, -0.15) is 0 Å². The number of carbonyl (C=O) groups is 2. The average molecular weight is 585 g/mol. The number of anilines is 2. The first kappa shape index (κ1) is 30.9. The zero-order valence-electron chi connectivity index (χ0n) is 24.6. The molecule has 0 unspecified atom stereocenters. The van der Waals surface area contributed by atoms with Crippen LogP contribution in [0.5, 0.6) is 0 Å². The largest absolute Gasteiger partial charge is 0.378 e. The van der Waals surface area contributed by atoms with Crippen LogP contribution in [0.25, 0.3) is 0 Å². The highest BCUT2D eigenvalue weighted by Crippen LogP contribution is 2.27. The molecule has 0 atom stereocenters. The molecule has 42 heavy (non-hydrogen) atoms. The predicted octanol–water partition coefficient (Wildman–Crippen LogP) is 6.86. The summed E-state index contributed by atoms with van der Waals surface area (Å²) in [7, 11) is 0. The number of allylic oxidation sites excluding steroid dienone is 8. The Morgan fingerprint density at radius 2 is 1.60 bits per heavy atom. The van der Waals surface area contributed by atoms with Gasteiger partial charge in [-0.25, -0.2) is 9.98 Å². The van der Waals surface area contributed by atoms with Crippen LogP contribution in [0.4, 0.5) is 22.7 Å². The maximum atomic E-state index is 11.4. The number of ether oxygens (including phenoxy) is 1. The van der Waals surface area contributed by atoms with E-state index < -0.39 is 0 Å². The van der Waals surface area contributed by atoms with Crippen molar-refractivity contribution in [2.45, 2.75) is 27.7 Å². The average Bonchev–Trinajstić information content (AvgIpc) is 2.99. The lowest BCUT2D eigenvalue weighted by Gasteiger charge is -2.28. The van der Waals surface area contributed by atoms with E-state index in [9.17, 15) is 9.59 Å². The SMILES string of the molecule is CC1=CC(=Nc2ccc(N3CCOCC3)cc2)C=CC1=O.CCN(CC)c1ccc(N=C2C=CC(=O)C=C2Cl)c(C)c1. The summed E-state index contributed by atoms with van der Waals surface area (Å²) in [5.74, 6) is -0.0517. The molecule has 2 aromatic carbocycles. The Hall–Kier alpha value is -4.07. The molecule has 1 aliphatic heterocycles. The van der Waals surface area contributed by atoms with Crippen molar-refractivity contribution in [1.82, 2.24) is 0 Å². The lowest BCUT2D eigenvalue weighted by molar-refractivity contribution is -0.111. The molecule has 0 amide bonds. The molecule has 0 spiro atoms. The van der Waals surface area contributed by atoms with Crippen LogP contribution >= 0.6 is 11.6 Å². The third-order valence-corrected chi connectivity index (χ3v) is 7.41. The quantitative estimate of drug-likeness (QED) is 0.347. The molecule has 1 fully saturated rings. The van der Waals surface area contributed by atoms with Crippen LogP contribution in [0.1, 0.15) is 26.3 Å². The first-order valence-electron chi connectivity index (χ1n) is 14.2. The second-order valence-corrected chi connectivity index (χ2v) is 10.5. The summed E-state index contributed by atoms with van der Waals surface area (Å²) < 4.78 is 5.36. The molecule has 0 saturated carbocycles. The highest BCUT2D eigenvalue weighted by Gasteiger charge is 2.12. The maximum Gasteiger partial charge on any atom is 0.181 e. The number of halogens is 1. The van der Waals surface area contributed by atoms with Gasteiger partial charge in [-0.05, 0) is 112 Å². The highest BCUT2D eigenvalue weighted by atomic mass is 35.5. The van der Waals surface area contributed by atoms with Gasteiger partial charge in [0.1, 0.15) is 0 Å². The van der Waals surface area contributed by atoms with Gasteiger partial charge in [0.05, 0.1) is 41.0 Å². The normalized spacial score (nSPS) is 18.5. The van der Waals surface area contributed by atoms with Crippen LogP contribution in [-0.2, 0) is 14.3 Å². The molecule has 8 heteroatoms. The summed E-state index contributed by atoms with van der Waals surface area (Å²) in [6.07, 6.45) is 9.66. The summed E-state index contributed by atoms with van der Waals surface area (Å²) >= 11 is 6.06. The Labute approximate surface area is 253 Å².